The van der Waals surface area contributed by atoms with Crippen molar-refractivity contribution in [2.75, 3.05) is 7.11 Å². The Hall–Kier alpha value is -1.02. The molecule has 0 radical (unpaired) electrons. The summed E-state index contributed by atoms with van der Waals surface area (Å²) in [5, 5.41) is 9.46. The summed E-state index contributed by atoms with van der Waals surface area (Å²) in [6.07, 6.45) is 0.875. The van der Waals surface area contributed by atoms with Crippen LogP contribution in [0.1, 0.15) is 25.0 Å². The van der Waals surface area contributed by atoms with E-state index in [2.05, 4.69) is 0 Å². The molecule has 1 atom stereocenters. The van der Waals surface area contributed by atoms with Crippen LogP contribution in [0, 0.1) is 0 Å². The molecule has 0 aliphatic rings. The van der Waals surface area contributed by atoms with Crippen molar-refractivity contribution in [3.63, 3.8) is 0 Å². The second-order valence-corrected chi connectivity index (χ2v) is 2.69. The van der Waals surface area contributed by atoms with Crippen molar-refractivity contribution < 1.29 is 9.84 Å². The highest BCUT2D eigenvalue weighted by atomic mass is 16.5. The third-order valence-electron chi connectivity index (χ3n) is 1.94. The molecule has 12 heavy (non-hydrogen) atoms. The van der Waals surface area contributed by atoms with E-state index < -0.39 is 0 Å². The lowest BCUT2D eigenvalue weighted by Gasteiger charge is -2.14. The molecule has 0 saturated heterocycles. The number of phenolic OH excluding ortho intramolecular Hbond substituents is 1. The fourth-order valence-electron chi connectivity index (χ4n) is 1.27. The molecule has 0 spiro atoms. The Bertz CT molecular complexity index is 241. The van der Waals surface area contributed by atoms with Gasteiger partial charge in [-0.1, -0.05) is 25.1 Å². The summed E-state index contributed by atoms with van der Waals surface area (Å²) in [4.78, 5) is 0. The third-order valence-corrected chi connectivity index (χ3v) is 1.94. The number of hydrogen-bond acceptors (Lipinski definition) is 2. The largest absolute Gasteiger partial charge is 0.508 e. The molecule has 1 aromatic carbocycles. The summed E-state index contributed by atoms with van der Waals surface area (Å²) in [5.41, 5.74) is 0.863. The molecular weight excluding hydrogens is 152 g/mol. The van der Waals surface area contributed by atoms with Crippen LogP contribution >= 0.6 is 0 Å². The number of ether oxygens (including phenoxy) is 1. The molecule has 2 heteroatoms. The molecule has 0 aliphatic heterocycles. The molecule has 66 valence electrons. The van der Waals surface area contributed by atoms with Crippen LogP contribution in [-0.2, 0) is 4.74 Å². The topological polar surface area (TPSA) is 29.5 Å². The summed E-state index contributed by atoms with van der Waals surface area (Å²) < 4.78 is 5.21. The summed E-state index contributed by atoms with van der Waals surface area (Å²) in [7, 11) is 1.65. The minimum atomic E-state index is 0.00574. The lowest BCUT2D eigenvalue weighted by molar-refractivity contribution is 0.0978. The molecule has 1 rings (SSSR count). The second kappa shape index (κ2) is 4.12. The molecule has 1 unspecified atom stereocenters. The van der Waals surface area contributed by atoms with Crippen molar-refractivity contribution in [3.05, 3.63) is 29.8 Å². The first kappa shape index (κ1) is 9.07. The normalized spacial score (nSPS) is 12.8. The summed E-state index contributed by atoms with van der Waals surface area (Å²) >= 11 is 0. The van der Waals surface area contributed by atoms with Crippen LogP contribution < -0.4 is 0 Å². The average Bonchev–Trinajstić information content (AvgIpc) is 2.10. The molecule has 0 fully saturated rings. The van der Waals surface area contributed by atoms with Gasteiger partial charge in [0, 0.05) is 12.7 Å². The van der Waals surface area contributed by atoms with Gasteiger partial charge < -0.3 is 9.84 Å². The molecule has 2 nitrogen and oxygen atoms in total. The molecule has 1 aromatic rings. The van der Waals surface area contributed by atoms with Crippen molar-refractivity contribution in [2.24, 2.45) is 0 Å². The highest BCUT2D eigenvalue weighted by Crippen LogP contribution is 2.27. The fraction of sp³-hybridized carbons (Fsp3) is 0.400. The molecule has 0 amide bonds. The first-order chi connectivity index (χ1) is 5.79. The van der Waals surface area contributed by atoms with Crippen LogP contribution in [0.25, 0.3) is 0 Å². The lowest BCUT2D eigenvalue weighted by atomic mass is 10.1. The monoisotopic (exact) mass is 166 g/mol. The van der Waals surface area contributed by atoms with Gasteiger partial charge in [-0.05, 0) is 12.5 Å². The average molecular weight is 166 g/mol. The second-order valence-electron chi connectivity index (χ2n) is 2.69. The minimum absolute atomic E-state index is 0.00574. The van der Waals surface area contributed by atoms with Crippen molar-refractivity contribution in [3.8, 4) is 5.75 Å². The maximum atomic E-state index is 9.46. The Labute approximate surface area is 72.8 Å². The van der Waals surface area contributed by atoms with E-state index in [4.69, 9.17) is 4.74 Å². The summed E-state index contributed by atoms with van der Waals surface area (Å²) in [6.45, 7) is 2.03. The van der Waals surface area contributed by atoms with E-state index in [1.54, 1.807) is 19.2 Å². The number of methoxy groups -OCH3 is 1. The number of phenols is 1. The van der Waals surface area contributed by atoms with Crippen LogP contribution in [0.3, 0.4) is 0 Å². The van der Waals surface area contributed by atoms with Gasteiger partial charge in [0.1, 0.15) is 5.75 Å². The van der Waals surface area contributed by atoms with Gasteiger partial charge in [-0.15, -0.1) is 0 Å². The van der Waals surface area contributed by atoms with E-state index in [0.29, 0.717) is 5.75 Å². The predicted molar refractivity (Wildman–Crippen MR) is 48.1 cm³/mol. The van der Waals surface area contributed by atoms with Gasteiger partial charge in [0.05, 0.1) is 6.10 Å². The molecular formula is C10H14O2. The van der Waals surface area contributed by atoms with E-state index in [0.717, 1.165) is 12.0 Å². The standard InChI is InChI=1S/C10H14O2/c1-3-10(12-2)8-6-4-5-7-9(8)11/h4-7,10-11H,3H2,1-2H3. The maximum Gasteiger partial charge on any atom is 0.121 e. The van der Waals surface area contributed by atoms with Crippen LogP contribution in [0.4, 0.5) is 0 Å². The molecule has 0 saturated carbocycles. The van der Waals surface area contributed by atoms with E-state index in [9.17, 15) is 5.11 Å². The SMILES string of the molecule is CCC(OC)c1ccccc1O. The van der Waals surface area contributed by atoms with Crippen LogP contribution in [0.15, 0.2) is 24.3 Å². The minimum Gasteiger partial charge on any atom is -0.508 e. The Morgan fingerprint density at radius 2 is 2.08 bits per heavy atom. The third kappa shape index (κ3) is 1.77. The first-order valence-electron chi connectivity index (χ1n) is 4.10. The van der Waals surface area contributed by atoms with Crippen molar-refractivity contribution in [1.29, 1.82) is 0 Å². The zero-order valence-electron chi connectivity index (χ0n) is 7.45. The molecule has 0 bridgehead atoms. The highest BCUT2D eigenvalue weighted by Gasteiger charge is 2.10. The molecule has 1 N–H and O–H groups in total. The van der Waals surface area contributed by atoms with Crippen molar-refractivity contribution >= 4 is 0 Å². The molecule has 0 aliphatic carbocycles. The van der Waals surface area contributed by atoms with Crippen molar-refractivity contribution in [2.45, 2.75) is 19.4 Å². The Balaban J connectivity index is 2.92. The van der Waals surface area contributed by atoms with Gasteiger partial charge in [-0.3, -0.25) is 0 Å². The number of hydrogen-bond donors (Lipinski definition) is 1. The highest BCUT2D eigenvalue weighted by molar-refractivity contribution is 5.33. The van der Waals surface area contributed by atoms with Gasteiger partial charge in [-0.2, -0.15) is 0 Å². The maximum absolute atomic E-state index is 9.46. The molecule has 0 heterocycles. The quantitative estimate of drug-likeness (QED) is 0.747. The molecule has 0 aromatic heterocycles. The van der Waals surface area contributed by atoms with Crippen LogP contribution in [0.2, 0.25) is 0 Å². The Morgan fingerprint density at radius 1 is 1.42 bits per heavy atom. The first-order valence-corrected chi connectivity index (χ1v) is 4.10. The van der Waals surface area contributed by atoms with E-state index in [1.165, 1.54) is 0 Å². The van der Waals surface area contributed by atoms with Crippen molar-refractivity contribution in [1.82, 2.24) is 0 Å². The summed E-state index contributed by atoms with van der Waals surface area (Å²) in [6, 6.07) is 7.27. The van der Waals surface area contributed by atoms with Gasteiger partial charge in [0.25, 0.3) is 0 Å². The fourth-order valence-corrected chi connectivity index (χ4v) is 1.27. The lowest BCUT2D eigenvalue weighted by Crippen LogP contribution is -1.99. The number of aromatic hydroxyl groups is 1. The predicted octanol–water partition coefficient (Wildman–Crippen LogP) is 2.49. The number of para-hydroxylation sites is 1. The Kier molecular flexibility index (Phi) is 3.11. The van der Waals surface area contributed by atoms with Crippen LogP contribution in [0.5, 0.6) is 5.75 Å². The van der Waals surface area contributed by atoms with E-state index in [-0.39, 0.29) is 6.10 Å². The van der Waals surface area contributed by atoms with E-state index in [1.807, 2.05) is 19.1 Å². The van der Waals surface area contributed by atoms with Crippen LogP contribution in [-0.4, -0.2) is 12.2 Å². The zero-order chi connectivity index (χ0) is 8.97. The van der Waals surface area contributed by atoms with Gasteiger partial charge >= 0.3 is 0 Å². The van der Waals surface area contributed by atoms with E-state index >= 15 is 0 Å². The van der Waals surface area contributed by atoms with Gasteiger partial charge in [-0.25, -0.2) is 0 Å². The number of benzene rings is 1. The number of rotatable bonds is 3. The zero-order valence-corrected chi connectivity index (χ0v) is 7.45. The van der Waals surface area contributed by atoms with Gasteiger partial charge in [0.2, 0.25) is 0 Å². The smallest absolute Gasteiger partial charge is 0.121 e. The summed E-state index contributed by atoms with van der Waals surface area (Å²) in [5.74, 6) is 0.311. The Morgan fingerprint density at radius 3 is 2.58 bits per heavy atom. The van der Waals surface area contributed by atoms with Gasteiger partial charge in [0.15, 0.2) is 0 Å².